The maximum atomic E-state index is 13.8. The number of ketones is 1. The molecule has 0 radical (unpaired) electrons. The Morgan fingerprint density at radius 1 is 1.10 bits per heavy atom. The van der Waals surface area contributed by atoms with Gasteiger partial charge in [-0.05, 0) is 43.9 Å². The molecule has 228 valence electrons. The van der Waals surface area contributed by atoms with Gasteiger partial charge < -0.3 is 35.7 Å². The molecule has 5 N–H and O–H groups in total. The van der Waals surface area contributed by atoms with Gasteiger partial charge in [-0.2, -0.15) is 0 Å². The number of imidazole rings is 1. The summed E-state index contributed by atoms with van der Waals surface area (Å²) in [5, 5.41) is 11.7. The van der Waals surface area contributed by atoms with Crippen LogP contribution in [0.3, 0.4) is 0 Å². The largest absolute Gasteiger partial charge is 0.375 e. The molecule has 12 heteroatoms. The van der Waals surface area contributed by atoms with Crippen molar-refractivity contribution in [2.24, 2.45) is 5.92 Å². The maximum absolute atomic E-state index is 13.8. The van der Waals surface area contributed by atoms with E-state index in [1.165, 1.54) is 0 Å². The Morgan fingerprint density at radius 2 is 1.86 bits per heavy atom. The lowest BCUT2D eigenvalue weighted by molar-refractivity contribution is -0.134. The topological polar surface area (TPSA) is 167 Å². The molecule has 3 aliphatic rings. The normalized spacial score (nSPS) is 24.5. The number of rotatable bonds is 13. The van der Waals surface area contributed by atoms with E-state index >= 15 is 0 Å². The summed E-state index contributed by atoms with van der Waals surface area (Å²) in [6.45, 7) is 5.52. The quantitative estimate of drug-likeness (QED) is 0.217. The van der Waals surface area contributed by atoms with Crippen LogP contribution in [0.15, 0.2) is 24.5 Å². The first-order valence-electron chi connectivity index (χ1n) is 15.0. The van der Waals surface area contributed by atoms with Gasteiger partial charge in [0.1, 0.15) is 17.7 Å². The van der Waals surface area contributed by atoms with Crippen LogP contribution in [-0.2, 0) is 35.1 Å². The number of amides is 3. The second kappa shape index (κ2) is 13.3. The summed E-state index contributed by atoms with van der Waals surface area (Å²) in [5.74, 6) is -1.03. The number of aromatic nitrogens is 2. The Kier molecular flexibility index (Phi) is 9.54. The number of fused-ring (bicyclic) bond motifs is 1. The minimum Gasteiger partial charge on any atom is -0.375 e. The summed E-state index contributed by atoms with van der Waals surface area (Å²) in [4.78, 5) is 60.3. The van der Waals surface area contributed by atoms with Crippen LogP contribution in [0.25, 0.3) is 11.0 Å². The number of H-pyrrole nitrogens is 1. The summed E-state index contributed by atoms with van der Waals surface area (Å²) in [6.07, 6.45) is 6.51. The molecule has 2 aromatic rings. The van der Waals surface area contributed by atoms with E-state index in [1.807, 2.05) is 18.2 Å². The SMILES string of the molecule is C[C@H](NC(=O)CC1CNCCO1)C(=O)N[C@@H](Cc1ccc2nc[nH]c2c1)C(=O)N[C@@H](CC1CCCC1)C(=O)[C@@]1(C)CO1. The summed E-state index contributed by atoms with van der Waals surface area (Å²) in [5.41, 5.74) is 1.53. The van der Waals surface area contributed by atoms with Crippen molar-refractivity contribution in [1.82, 2.24) is 31.2 Å². The van der Waals surface area contributed by atoms with Crippen LogP contribution in [0.2, 0.25) is 0 Å². The predicted octanol–water partition coefficient (Wildman–Crippen LogP) is 0.897. The lowest BCUT2D eigenvalue weighted by Gasteiger charge is -2.27. The number of ether oxygens (including phenoxy) is 2. The number of morpholine rings is 1. The van der Waals surface area contributed by atoms with E-state index < -0.39 is 35.5 Å². The number of aromatic amines is 1. The van der Waals surface area contributed by atoms with Crippen LogP contribution in [0.1, 0.15) is 57.9 Å². The van der Waals surface area contributed by atoms with Gasteiger partial charge in [-0.1, -0.05) is 31.7 Å². The van der Waals surface area contributed by atoms with E-state index in [9.17, 15) is 19.2 Å². The fraction of sp³-hybridized carbons (Fsp3) is 0.633. The maximum Gasteiger partial charge on any atom is 0.243 e. The standard InChI is InChI=1S/C30H42N6O6/c1-18(34-26(37)14-21-15-31-9-10-41-21)28(39)36-25(13-20-7-8-22-23(12-20)33-17-32-22)29(40)35-24(11-19-5-3-4-6-19)27(38)30(2)16-42-30/h7-8,12,17-19,21,24-25,31H,3-6,9-11,13-16H2,1-2H3,(H,32,33)(H,34,37)(H,35,40)(H,36,39)/t18-,21?,24-,25-,30+/m0/s1. The number of hydrogen-bond acceptors (Lipinski definition) is 8. The van der Waals surface area contributed by atoms with Crippen molar-refractivity contribution >= 4 is 34.5 Å². The summed E-state index contributed by atoms with van der Waals surface area (Å²) in [7, 11) is 0. The fourth-order valence-corrected chi connectivity index (χ4v) is 5.88. The third kappa shape index (κ3) is 7.73. The van der Waals surface area contributed by atoms with Gasteiger partial charge >= 0.3 is 0 Å². The van der Waals surface area contributed by atoms with Crippen LogP contribution in [0.5, 0.6) is 0 Å². The molecule has 1 aliphatic carbocycles. The van der Waals surface area contributed by atoms with E-state index in [0.717, 1.165) is 48.8 Å². The Bertz CT molecular complexity index is 1280. The zero-order valence-corrected chi connectivity index (χ0v) is 24.4. The van der Waals surface area contributed by atoms with Gasteiger partial charge in [0.25, 0.3) is 0 Å². The molecule has 42 heavy (non-hydrogen) atoms. The average molecular weight is 583 g/mol. The number of benzene rings is 1. The second-order valence-electron chi connectivity index (χ2n) is 12.0. The zero-order chi connectivity index (χ0) is 29.7. The number of epoxide rings is 1. The van der Waals surface area contributed by atoms with Crippen LogP contribution in [-0.4, -0.2) is 89.6 Å². The molecule has 1 saturated carbocycles. The molecule has 3 heterocycles. The van der Waals surface area contributed by atoms with Crippen molar-refractivity contribution in [2.45, 2.75) is 88.6 Å². The van der Waals surface area contributed by atoms with Crippen LogP contribution >= 0.6 is 0 Å². The molecule has 1 unspecified atom stereocenters. The van der Waals surface area contributed by atoms with Crippen molar-refractivity contribution < 1.29 is 28.7 Å². The molecular formula is C30H42N6O6. The van der Waals surface area contributed by atoms with Crippen molar-refractivity contribution in [2.75, 3.05) is 26.3 Å². The monoisotopic (exact) mass is 582 g/mol. The highest BCUT2D eigenvalue weighted by Gasteiger charge is 2.50. The molecule has 1 aromatic heterocycles. The molecule has 3 fully saturated rings. The average Bonchev–Trinajstić information content (AvgIpc) is 3.32. The summed E-state index contributed by atoms with van der Waals surface area (Å²) in [6, 6.07) is 3.03. The van der Waals surface area contributed by atoms with Crippen molar-refractivity contribution in [1.29, 1.82) is 0 Å². The molecule has 0 spiro atoms. The first kappa shape index (κ1) is 30.1. The number of hydrogen-bond donors (Lipinski definition) is 5. The number of nitrogens with zero attached hydrogens (tertiary/aromatic N) is 1. The Labute approximate surface area is 245 Å². The number of nitrogens with one attached hydrogen (secondary N) is 5. The van der Waals surface area contributed by atoms with Crippen molar-refractivity contribution in [3.05, 3.63) is 30.1 Å². The van der Waals surface area contributed by atoms with Crippen LogP contribution in [0.4, 0.5) is 0 Å². The first-order chi connectivity index (χ1) is 20.2. The predicted molar refractivity (Wildman–Crippen MR) is 154 cm³/mol. The Balaban J connectivity index is 1.28. The molecule has 2 aliphatic heterocycles. The lowest BCUT2D eigenvalue weighted by Crippen LogP contribution is -2.57. The molecule has 1 aromatic carbocycles. The lowest BCUT2D eigenvalue weighted by atomic mass is 9.90. The summed E-state index contributed by atoms with van der Waals surface area (Å²) < 4.78 is 11.0. The molecule has 5 rings (SSSR count). The van der Waals surface area contributed by atoms with Gasteiger partial charge in [-0.3, -0.25) is 19.2 Å². The summed E-state index contributed by atoms with van der Waals surface area (Å²) >= 11 is 0. The number of carbonyl (C=O) groups is 4. The highest BCUT2D eigenvalue weighted by atomic mass is 16.6. The third-order valence-corrected chi connectivity index (χ3v) is 8.52. The van der Waals surface area contributed by atoms with Gasteiger partial charge in [0.05, 0.1) is 49.1 Å². The van der Waals surface area contributed by atoms with E-state index in [2.05, 4.69) is 31.2 Å². The minimum absolute atomic E-state index is 0.129. The van der Waals surface area contributed by atoms with E-state index in [0.29, 0.717) is 32.1 Å². The second-order valence-corrected chi connectivity index (χ2v) is 12.0. The van der Waals surface area contributed by atoms with Crippen LogP contribution < -0.4 is 21.3 Å². The van der Waals surface area contributed by atoms with Crippen LogP contribution in [0, 0.1) is 5.92 Å². The van der Waals surface area contributed by atoms with Gasteiger partial charge in [-0.25, -0.2) is 4.98 Å². The molecule has 12 nitrogen and oxygen atoms in total. The zero-order valence-electron chi connectivity index (χ0n) is 24.4. The highest BCUT2D eigenvalue weighted by molar-refractivity contribution is 5.98. The molecular weight excluding hydrogens is 540 g/mol. The van der Waals surface area contributed by atoms with E-state index in [-0.39, 0.29) is 30.6 Å². The van der Waals surface area contributed by atoms with E-state index in [1.54, 1.807) is 20.2 Å². The van der Waals surface area contributed by atoms with Crippen molar-refractivity contribution in [3.63, 3.8) is 0 Å². The number of carbonyl (C=O) groups excluding carboxylic acids is 4. The van der Waals surface area contributed by atoms with Gasteiger partial charge in [0, 0.05) is 19.5 Å². The van der Waals surface area contributed by atoms with Gasteiger partial charge in [0.2, 0.25) is 17.7 Å². The van der Waals surface area contributed by atoms with Gasteiger partial charge in [-0.15, -0.1) is 0 Å². The third-order valence-electron chi connectivity index (χ3n) is 8.52. The Morgan fingerprint density at radius 3 is 2.57 bits per heavy atom. The highest BCUT2D eigenvalue weighted by Crippen LogP contribution is 2.33. The van der Waals surface area contributed by atoms with Gasteiger partial charge in [0.15, 0.2) is 5.78 Å². The fourth-order valence-electron chi connectivity index (χ4n) is 5.88. The number of Topliss-reactive ketones (excluding diaryl/α,β-unsaturated/α-hetero) is 1. The van der Waals surface area contributed by atoms with Crippen molar-refractivity contribution in [3.8, 4) is 0 Å². The first-order valence-corrected chi connectivity index (χ1v) is 15.0. The molecule has 0 bridgehead atoms. The molecule has 5 atom stereocenters. The molecule has 2 saturated heterocycles. The smallest absolute Gasteiger partial charge is 0.243 e. The molecule has 3 amide bonds. The van der Waals surface area contributed by atoms with E-state index in [4.69, 9.17) is 9.47 Å². The Hall–Kier alpha value is -3.35. The minimum atomic E-state index is -0.977.